The van der Waals surface area contributed by atoms with Gasteiger partial charge in [0.15, 0.2) is 0 Å². The molecule has 0 N–H and O–H groups in total. The summed E-state index contributed by atoms with van der Waals surface area (Å²) in [4.78, 5) is 5.78. The van der Waals surface area contributed by atoms with Gasteiger partial charge in [-0.2, -0.15) is 0 Å². The van der Waals surface area contributed by atoms with Gasteiger partial charge in [-0.05, 0) is 18.1 Å². The molecule has 1 aromatic carbocycles. The summed E-state index contributed by atoms with van der Waals surface area (Å²) in [5.74, 6) is 0.559. The number of hydrogen-bond donors (Lipinski definition) is 0. The fourth-order valence-corrected chi connectivity index (χ4v) is 2.62. The van der Waals surface area contributed by atoms with Crippen molar-refractivity contribution in [3.63, 3.8) is 0 Å². The number of nitrogens with zero attached hydrogens (tertiary/aromatic N) is 1. The average molecular weight is 282 g/mol. The van der Waals surface area contributed by atoms with Gasteiger partial charge in [0.1, 0.15) is 5.01 Å². The second kappa shape index (κ2) is 4.45. The lowest BCUT2D eigenvalue weighted by Crippen LogP contribution is -1.77. The molecular weight excluding hydrogens is 270 g/mol. The lowest BCUT2D eigenvalue weighted by molar-refractivity contribution is 0.885. The first-order chi connectivity index (χ1) is 7.16. The zero-order valence-electron chi connectivity index (χ0n) is 8.70. The van der Waals surface area contributed by atoms with Gasteiger partial charge in [-0.15, -0.1) is 11.3 Å². The second-order valence-corrected chi connectivity index (χ2v) is 5.71. The highest BCUT2D eigenvalue weighted by molar-refractivity contribution is 9.10. The van der Waals surface area contributed by atoms with Crippen molar-refractivity contribution < 1.29 is 0 Å². The summed E-state index contributed by atoms with van der Waals surface area (Å²) in [6, 6.07) is 8.26. The van der Waals surface area contributed by atoms with E-state index in [2.05, 4.69) is 46.9 Å². The molecule has 0 radical (unpaired) electrons. The van der Waals surface area contributed by atoms with Crippen molar-refractivity contribution in [2.45, 2.75) is 19.8 Å². The standard InChI is InChI=1S/C12H12BrNS/c1-8(2)11-7-14-12(15-11)9-4-3-5-10(13)6-9/h3-8H,1-2H3. The molecule has 0 atom stereocenters. The summed E-state index contributed by atoms with van der Waals surface area (Å²) in [5.41, 5.74) is 1.18. The zero-order chi connectivity index (χ0) is 10.8. The quantitative estimate of drug-likeness (QED) is 0.778. The van der Waals surface area contributed by atoms with Gasteiger partial charge in [-0.25, -0.2) is 4.98 Å². The molecule has 0 aliphatic rings. The van der Waals surface area contributed by atoms with Crippen molar-refractivity contribution in [2.75, 3.05) is 0 Å². The highest BCUT2D eigenvalue weighted by atomic mass is 79.9. The van der Waals surface area contributed by atoms with Crippen LogP contribution in [0.4, 0.5) is 0 Å². The molecule has 1 heterocycles. The van der Waals surface area contributed by atoms with Crippen LogP contribution in [-0.2, 0) is 0 Å². The predicted molar refractivity (Wildman–Crippen MR) is 69.3 cm³/mol. The van der Waals surface area contributed by atoms with E-state index in [1.807, 2.05) is 18.3 Å². The highest BCUT2D eigenvalue weighted by Crippen LogP contribution is 2.30. The molecule has 1 aromatic heterocycles. The number of rotatable bonds is 2. The Morgan fingerprint density at radius 3 is 2.73 bits per heavy atom. The summed E-state index contributed by atoms with van der Waals surface area (Å²) in [6.45, 7) is 4.39. The largest absolute Gasteiger partial charge is 0.244 e. The van der Waals surface area contributed by atoms with Crippen LogP contribution in [0.1, 0.15) is 24.6 Å². The molecule has 1 nitrogen and oxygen atoms in total. The van der Waals surface area contributed by atoms with Crippen LogP contribution in [0.5, 0.6) is 0 Å². The van der Waals surface area contributed by atoms with Gasteiger partial charge in [-0.3, -0.25) is 0 Å². The third-order valence-electron chi connectivity index (χ3n) is 2.16. The third-order valence-corrected chi connectivity index (χ3v) is 4.00. The van der Waals surface area contributed by atoms with E-state index in [0.717, 1.165) is 9.48 Å². The van der Waals surface area contributed by atoms with Gasteiger partial charge in [0.2, 0.25) is 0 Å². The van der Waals surface area contributed by atoms with E-state index in [-0.39, 0.29) is 0 Å². The molecule has 0 spiro atoms. The van der Waals surface area contributed by atoms with Crippen LogP contribution in [0.15, 0.2) is 34.9 Å². The average Bonchev–Trinajstić information content (AvgIpc) is 2.66. The van der Waals surface area contributed by atoms with Gasteiger partial charge in [0, 0.05) is 21.1 Å². The molecule has 2 rings (SSSR count). The lowest BCUT2D eigenvalue weighted by Gasteiger charge is -1.98. The second-order valence-electron chi connectivity index (χ2n) is 3.73. The Bertz CT molecular complexity index is 462. The van der Waals surface area contributed by atoms with E-state index >= 15 is 0 Å². The summed E-state index contributed by atoms with van der Waals surface area (Å²) < 4.78 is 1.10. The van der Waals surface area contributed by atoms with E-state index in [9.17, 15) is 0 Å². The van der Waals surface area contributed by atoms with Crippen molar-refractivity contribution in [3.05, 3.63) is 39.8 Å². The minimum absolute atomic E-state index is 0.559. The van der Waals surface area contributed by atoms with Crippen LogP contribution < -0.4 is 0 Å². The summed E-state index contributed by atoms with van der Waals surface area (Å²) in [5, 5.41) is 1.10. The fourth-order valence-electron chi connectivity index (χ4n) is 1.31. The monoisotopic (exact) mass is 281 g/mol. The zero-order valence-corrected chi connectivity index (χ0v) is 11.1. The van der Waals surface area contributed by atoms with Gasteiger partial charge < -0.3 is 0 Å². The molecule has 0 aliphatic carbocycles. The predicted octanol–water partition coefficient (Wildman–Crippen LogP) is 4.70. The Morgan fingerprint density at radius 2 is 2.13 bits per heavy atom. The molecule has 0 amide bonds. The van der Waals surface area contributed by atoms with Gasteiger partial charge >= 0.3 is 0 Å². The van der Waals surface area contributed by atoms with E-state index in [1.54, 1.807) is 11.3 Å². The van der Waals surface area contributed by atoms with Crippen molar-refractivity contribution in [1.29, 1.82) is 0 Å². The third kappa shape index (κ3) is 2.47. The van der Waals surface area contributed by atoms with Crippen LogP contribution in [0.2, 0.25) is 0 Å². The molecule has 0 unspecified atom stereocenters. The maximum absolute atomic E-state index is 4.45. The minimum Gasteiger partial charge on any atom is -0.244 e. The van der Waals surface area contributed by atoms with Crippen LogP contribution >= 0.6 is 27.3 Å². The van der Waals surface area contributed by atoms with E-state index in [0.29, 0.717) is 5.92 Å². The van der Waals surface area contributed by atoms with E-state index in [4.69, 9.17) is 0 Å². The highest BCUT2D eigenvalue weighted by Gasteiger charge is 2.07. The number of halogens is 1. The van der Waals surface area contributed by atoms with Crippen molar-refractivity contribution in [3.8, 4) is 10.6 Å². The normalized spacial score (nSPS) is 10.9. The first-order valence-electron chi connectivity index (χ1n) is 4.88. The van der Waals surface area contributed by atoms with Gasteiger partial charge in [0.05, 0.1) is 0 Å². The number of aromatic nitrogens is 1. The molecule has 0 aliphatic heterocycles. The van der Waals surface area contributed by atoms with Crippen molar-refractivity contribution in [1.82, 2.24) is 4.98 Å². The summed E-state index contributed by atoms with van der Waals surface area (Å²) in [7, 11) is 0. The Balaban J connectivity index is 2.37. The van der Waals surface area contributed by atoms with Crippen LogP contribution in [0.25, 0.3) is 10.6 Å². The number of thiazole rings is 1. The molecule has 78 valence electrons. The molecule has 15 heavy (non-hydrogen) atoms. The number of benzene rings is 1. The van der Waals surface area contributed by atoms with Crippen molar-refractivity contribution >= 4 is 27.3 Å². The summed E-state index contributed by atoms with van der Waals surface area (Å²) >= 11 is 5.24. The maximum Gasteiger partial charge on any atom is 0.123 e. The maximum atomic E-state index is 4.45. The Labute approximate surface area is 102 Å². The molecule has 3 heteroatoms. The van der Waals surface area contributed by atoms with E-state index < -0.39 is 0 Å². The van der Waals surface area contributed by atoms with Gasteiger partial charge in [-0.1, -0.05) is 41.9 Å². The molecule has 0 fully saturated rings. The molecule has 0 saturated heterocycles. The van der Waals surface area contributed by atoms with Crippen LogP contribution in [0, 0.1) is 0 Å². The topological polar surface area (TPSA) is 12.9 Å². The SMILES string of the molecule is CC(C)c1cnc(-c2cccc(Br)c2)s1. The lowest BCUT2D eigenvalue weighted by atomic mass is 10.2. The van der Waals surface area contributed by atoms with Gasteiger partial charge in [0.25, 0.3) is 0 Å². The summed E-state index contributed by atoms with van der Waals surface area (Å²) in [6.07, 6.45) is 1.98. The Kier molecular flexibility index (Phi) is 3.22. The first-order valence-corrected chi connectivity index (χ1v) is 6.49. The first kappa shape index (κ1) is 10.8. The molecular formula is C12H12BrNS. The fraction of sp³-hybridized carbons (Fsp3) is 0.250. The molecule has 0 saturated carbocycles. The van der Waals surface area contributed by atoms with Crippen molar-refractivity contribution in [2.24, 2.45) is 0 Å². The van der Waals surface area contributed by atoms with Crippen LogP contribution in [-0.4, -0.2) is 4.98 Å². The van der Waals surface area contributed by atoms with Crippen LogP contribution in [0.3, 0.4) is 0 Å². The van der Waals surface area contributed by atoms with E-state index in [1.165, 1.54) is 10.4 Å². The molecule has 0 bridgehead atoms. The number of hydrogen-bond acceptors (Lipinski definition) is 2. The minimum atomic E-state index is 0.559. The Hall–Kier alpha value is -0.670. The smallest absolute Gasteiger partial charge is 0.123 e. The molecule has 2 aromatic rings. The Morgan fingerprint density at radius 1 is 1.33 bits per heavy atom.